The number of benzene rings is 1. The molecule has 3 aromatic rings. The lowest BCUT2D eigenvalue weighted by Gasteiger charge is -2.06. The quantitative estimate of drug-likeness (QED) is 0.664. The molecule has 0 saturated carbocycles. The van der Waals surface area contributed by atoms with Gasteiger partial charge >= 0.3 is 0 Å². The Hall–Kier alpha value is -2.66. The number of carbonyl (C=O) groups is 1. The van der Waals surface area contributed by atoms with Crippen molar-refractivity contribution in [1.82, 2.24) is 14.8 Å². The van der Waals surface area contributed by atoms with Crippen LogP contribution in [-0.4, -0.2) is 20.7 Å². The summed E-state index contributed by atoms with van der Waals surface area (Å²) in [7, 11) is 0. The number of fused-ring (bicyclic) bond motifs is 1. The summed E-state index contributed by atoms with van der Waals surface area (Å²) in [4.78, 5) is 16.6. The maximum absolute atomic E-state index is 12.3. The Bertz CT molecular complexity index is 970. The summed E-state index contributed by atoms with van der Waals surface area (Å²) in [5.74, 6) is 0.209. The van der Waals surface area contributed by atoms with Gasteiger partial charge in [0, 0.05) is 29.8 Å². The maximum Gasteiger partial charge on any atom is 0.248 e. The van der Waals surface area contributed by atoms with Gasteiger partial charge in [0.2, 0.25) is 5.91 Å². The van der Waals surface area contributed by atoms with Crippen LogP contribution < -0.4 is 5.32 Å². The average Bonchev–Trinajstić information content (AvgIpc) is 2.86. The molecule has 134 valence electrons. The number of aryl methyl sites for hydroxylation is 1. The van der Waals surface area contributed by atoms with E-state index in [9.17, 15) is 4.79 Å². The second kappa shape index (κ2) is 7.70. The zero-order chi connectivity index (χ0) is 18.7. The third-order valence-corrected chi connectivity index (χ3v) is 4.35. The number of aromatic nitrogens is 3. The van der Waals surface area contributed by atoms with Crippen LogP contribution in [0.5, 0.6) is 0 Å². The van der Waals surface area contributed by atoms with Gasteiger partial charge in [0.1, 0.15) is 5.15 Å². The minimum absolute atomic E-state index is 0.228. The molecule has 2 heterocycles. The summed E-state index contributed by atoms with van der Waals surface area (Å²) < 4.78 is 1.77. The molecule has 1 amide bonds. The highest BCUT2D eigenvalue weighted by atomic mass is 35.5. The van der Waals surface area contributed by atoms with Crippen LogP contribution >= 0.6 is 11.6 Å². The van der Waals surface area contributed by atoms with Crippen LogP contribution in [0.2, 0.25) is 5.15 Å². The topological polar surface area (TPSA) is 59.8 Å². The van der Waals surface area contributed by atoms with Crippen molar-refractivity contribution in [3.63, 3.8) is 0 Å². The molecule has 0 spiro atoms. The van der Waals surface area contributed by atoms with Gasteiger partial charge in [-0.05, 0) is 43.2 Å². The fraction of sp³-hybridized carbons (Fsp3) is 0.250. The van der Waals surface area contributed by atoms with E-state index in [1.807, 2.05) is 37.3 Å². The summed E-state index contributed by atoms with van der Waals surface area (Å²) in [6.45, 7) is 6.84. The highest BCUT2D eigenvalue weighted by Gasteiger charge is 2.12. The molecule has 0 aliphatic rings. The molecule has 26 heavy (non-hydrogen) atoms. The van der Waals surface area contributed by atoms with Crippen molar-refractivity contribution in [3.05, 3.63) is 59.0 Å². The number of carbonyl (C=O) groups excluding carboxylic acids is 1. The molecular formula is C20H21ClN4O. The van der Waals surface area contributed by atoms with Crippen LogP contribution in [-0.2, 0) is 11.3 Å². The molecule has 0 radical (unpaired) electrons. The summed E-state index contributed by atoms with van der Waals surface area (Å²) in [6, 6.07) is 9.41. The summed E-state index contributed by atoms with van der Waals surface area (Å²) >= 11 is 6.40. The van der Waals surface area contributed by atoms with Gasteiger partial charge in [-0.1, -0.05) is 31.5 Å². The molecule has 0 fully saturated rings. The van der Waals surface area contributed by atoms with E-state index in [0.29, 0.717) is 11.1 Å². The lowest BCUT2D eigenvalue weighted by Crippen LogP contribution is -2.08. The second-order valence-corrected chi connectivity index (χ2v) is 6.92. The van der Waals surface area contributed by atoms with Crippen LogP contribution in [0.25, 0.3) is 17.0 Å². The van der Waals surface area contributed by atoms with Gasteiger partial charge in [0.15, 0.2) is 0 Å². The Balaban J connectivity index is 1.79. The molecule has 3 rings (SSSR count). The van der Waals surface area contributed by atoms with Gasteiger partial charge in [-0.15, -0.1) is 0 Å². The number of halogens is 1. The summed E-state index contributed by atoms with van der Waals surface area (Å²) in [6.07, 6.45) is 4.92. The van der Waals surface area contributed by atoms with E-state index >= 15 is 0 Å². The van der Waals surface area contributed by atoms with Gasteiger partial charge in [0.25, 0.3) is 0 Å². The highest BCUT2D eigenvalue weighted by molar-refractivity contribution is 6.31. The number of hydrogen-bond donors (Lipinski definition) is 1. The summed E-state index contributed by atoms with van der Waals surface area (Å²) in [5, 5.41) is 8.79. The van der Waals surface area contributed by atoms with Crippen LogP contribution in [0.4, 0.5) is 5.69 Å². The van der Waals surface area contributed by atoms with E-state index in [1.165, 1.54) is 6.08 Å². The van der Waals surface area contributed by atoms with Crippen molar-refractivity contribution in [2.75, 3.05) is 5.32 Å². The first-order chi connectivity index (χ1) is 12.5. The molecule has 0 bridgehead atoms. The van der Waals surface area contributed by atoms with E-state index in [4.69, 9.17) is 11.6 Å². The SMILES string of the molecule is Cc1nn(CC(C)C)c(Cl)c1C=CC(=O)Nc1cccc2ncccc12. The number of hydrogen-bond acceptors (Lipinski definition) is 3. The first-order valence-corrected chi connectivity index (χ1v) is 8.89. The predicted molar refractivity (Wildman–Crippen MR) is 106 cm³/mol. The molecule has 1 N–H and O–H groups in total. The van der Waals surface area contributed by atoms with E-state index < -0.39 is 0 Å². The first kappa shape index (κ1) is 18.1. The lowest BCUT2D eigenvalue weighted by molar-refractivity contribution is -0.111. The Morgan fingerprint density at radius 2 is 2.12 bits per heavy atom. The Morgan fingerprint density at radius 1 is 1.31 bits per heavy atom. The smallest absolute Gasteiger partial charge is 0.248 e. The zero-order valence-electron chi connectivity index (χ0n) is 15.0. The minimum atomic E-state index is -0.228. The van der Waals surface area contributed by atoms with Gasteiger partial charge in [0.05, 0.1) is 16.9 Å². The van der Waals surface area contributed by atoms with Gasteiger partial charge < -0.3 is 5.32 Å². The van der Waals surface area contributed by atoms with E-state index in [1.54, 1.807) is 17.0 Å². The van der Waals surface area contributed by atoms with Crippen molar-refractivity contribution in [2.24, 2.45) is 5.92 Å². The maximum atomic E-state index is 12.3. The normalized spacial score (nSPS) is 11.6. The minimum Gasteiger partial charge on any atom is -0.322 e. The van der Waals surface area contributed by atoms with E-state index in [-0.39, 0.29) is 5.91 Å². The number of nitrogens with one attached hydrogen (secondary N) is 1. The second-order valence-electron chi connectivity index (χ2n) is 6.56. The number of anilines is 1. The Labute approximate surface area is 157 Å². The van der Waals surface area contributed by atoms with Gasteiger partial charge in [-0.2, -0.15) is 5.10 Å². The third-order valence-electron chi connectivity index (χ3n) is 3.95. The number of pyridine rings is 1. The molecule has 5 nitrogen and oxygen atoms in total. The number of nitrogens with zero attached hydrogens (tertiary/aromatic N) is 3. The number of rotatable bonds is 5. The molecule has 0 saturated heterocycles. The van der Waals surface area contributed by atoms with Crippen LogP contribution in [0.3, 0.4) is 0 Å². The fourth-order valence-electron chi connectivity index (χ4n) is 2.77. The standard InChI is InChI=1S/C20H21ClN4O/c1-13(2)12-25-20(21)15(14(3)24-25)9-10-19(26)23-18-8-4-7-17-16(18)6-5-11-22-17/h4-11,13H,12H2,1-3H3,(H,23,26). The highest BCUT2D eigenvalue weighted by Crippen LogP contribution is 2.23. The average molecular weight is 369 g/mol. The van der Waals surface area contributed by atoms with Crippen molar-refractivity contribution in [2.45, 2.75) is 27.3 Å². The van der Waals surface area contributed by atoms with Crippen molar-refractivity contribution < 1.29 is 4.79 Å². The van der Waals surface area contributed by atoms with Crippen molar-refractivity contribution in [1.29, 1.82) is 0 Å². The zero-order valence-corrected chi connectivity index (χ0v) is 15.8. The Morgan fingerprint density at radius 3 is 2.88 bits per heavy atom. The molecule has 0 aliphatic heterocycles. The van der Waals surface area contributed by atoms with Gasteiger partial charge in [-0.25, -0.2) is 0 Å². The van der Waals surface area contributed by atoms with E-state index in [2.05, 4.69) is 29.2 Å². The Kier molecular flexibility index (Phi) is 5.38. The van der Waals surface area contributed by atoms with Crippen LogP contribution in [0.1, 0.15) is 25.1 Å². The third kappa shape index (κ3) is 3.94. The van der Waals surface area contributed by atoms with Crippen LogP contribution in [0, 0.1) is 12.8 Å². The van der Waals surface area contributed by atoms with Crippen LogP contribution in [0.15, 0.2) is 42.6 Å². The summed E-state index contributed by atoms with van der Waals surface area (Å²) in [5.41, 5.74) is 3.13. The first-order valence-electron chi connectivity index (χ1n) is 8.51. The molecular weight excluding hydrogens is 348 g/mol. The van der Waals surface area contributed by atoms with E-state index in [0.717, 1.165) is 34.4 Å². The fourth-order valence-corrected chi connectivity index (χ4v) is 3.08. The number of amides is 1. The van der Waals surface area contributed by atoms with Crippen molar-refractivity contribution in [3.8, 4) is 0 Å². The molecule has 2 aromatic heterocycles. The van der Waals surface area contributed by atoms with Crippen molar-refractivity contribution >= 4 is 40.2 Å². The lowest BCUT2D eigenvalue weighted by atomic mass is 10.2. The molecule has 1 aromatic carbocycles. The molecule has 0 aliphatic carbocycles. The molecule has 6 heteroatoms. The predicted octanol–water partition coefficient (Wildman–Crippen LogP) is 4.70. The molecule has 0 unspecified atom stereocenters. The molecule has 0 atom stereocenters. The largest absolute Gasteiger partial charge is 0.322 e. The monoisotopic (exact) mass is 368 g/mol. The van der Waals surface area contributed by atoms with Gasteiger partial charge in [-0.3, -0.25) is 14.5 Å².